The highest BCUT2D eigenvalue weighted by molar-refractivity contribution is 5.98. The number of nitrogens with two attached hydrogens (primary N) is 1. The number of likely N-dealkylation sites (tertiary alicyclic amines) is 1. The van der Waals surface area contributed by atoms with Gasteiger partial charge in [-0.1, -0.05) is 6.42 Å². The average Bonchev–Trinajstić information content (AvgIpc) is 3.12. The highest BCUT2D eigenvalue weighted by Gasteiger charge is 2.28. The second-order valence-electron chi connectivity index (χ2n) is 8.62. The maximum Gasteiger partial charge on any atom is 0.228 e. The van der Waals surface area contributed by atoms with Crippen LogP contribution in [0.2, 0.25) is 0 Å². The Morgan fingerprint density at radius 1 is 0.968 bits per heavy atom. The topological polar surface area (TPSA) is 85.3 Å². The van der Waals surface area contributed by atoms with E-state index in [4.69, 9.17) is 20.4 Å². The summed E-state index contributed by atoms with van der Waals surface area (Å²) in [6, 6.07) is 8.60. The molecule has 0 unspecified atom stereocenters. The zero-order chi connectivity index (χ0) is 21.4. The number of hydrogen-bond acceptors (Lipinski definition) is 7. The van der Waals surface area contributed by atoms with Gasteiger partial charge in [-0.3, -0.25) is 4.68 Å². The monoisotopic (exact) mass is 421 g/mol. The van der Waals surface area contributed by atoms with Gasteiger partial charge in [-0.15, -0.1) is 0 Å². The summed E-state index contributed by atoms with van der Waals surface area (Å²) in [6.07, 6.45) is 6.37. The summed E-state index contributed by atoms with van der Waals surface area (Å²) < 4.78 is 6.99. The summed E-state index contributed by atoms with van der Waals surface area (Å²) in [5, 5.41) is 5.36. The van der Waals surface area contributed by atoms with Crippen molar-refractivity contribution in [3.05, 3.63) is 24.3 Å². The number of anilines is 2. The molecule has 0 atom stereocenters. The SMILES string of the molecule is COc1ccc(-c2nc(N3CCC(N4CCCCC4)CC3)nc3nn(C)c(N)c23)cc1. The zero-order valence-corrected chi connectivity index (χ0v) is 18.4. The van der Waals surface area contributed by atoms with Crippen LogP contribution in [-0.4, -0.2) is 64.0 Å². The van der Waals surface area contributed by atoms with Crippen LogP contribution in [0.1, 0.15) is 32.1 Å². The number of methoxy groups -OCH3 is 1. The van der Waals surface area contributed by atoms with Crippen LogP contribution in [0.3, 0.4) is 0 Å². The summed E-state index contributed by atoms with van der Waals surface area (Å²) in [5.74, 6) is 2.14. The third kappa shape index (κ3) is 3.80. The van der Waals surface area contributed by atoms with Crippen LogP contribution in [0.4, 0.5) is 11.8 Å². The Morgan fingerprint density at radius 2 is 1.68 bits per heavy atom. The van der Waals surface area contributed by atoms with Gasteiger partial charge < -0.3 is 20.3 Å². The molecular weight excluding hydrogens is 390 g/mol. The number of rotatable bonds is 4. The first-order valence-corrected chi connectivity index (χ1v) is 11.3. The molecule has 8 heteroatoms. The molecule has 5 rings (SSSR count). The lowest BCUT2D eigenvalue weighted by atomic mass is 10.00. The molecule has 2 fully saturated rings. The minimum absolute atomic E-state index is 0.580. The van der Waals surface area contributed by atoms with E-state index in [-0.39, 0.29) is 0 Å². The molecular formula is C23H31N7O. The predicted octanol–water partition coefficient (Wildman–Crippen LogP) is 3.08. The second-order valence-corrected chi connectivity index (χ2v) is 8.62. The minimum atomic E-state index is 0.580. The van der Waals surface area contributed by atoms with Gasteiger partial charge in [0.25, 0.3) is 0 Å². The van der Waals surface area contributed by atoms with E-state index in [9.17, 15) is 0 Å². The van der Waals surface area contributed by atoms with Crippen LogP contribution in [-0.2, 0) is 7.05 Å². The largest absolute Gasteiger partial charge is 0.497 e. The van der Waals surface area contributed by atoms with Crippen LogP contribution >= 0.6 is 0 Å². The van der Waals surface area contributed by atoms with Gasteiger partial charge in [-0.05, 0) is 63.0 Å². The molecule has 2 N–H and O–H groups in total. The molecule has 4 heterocycles. The Bertz CT molecular complexity index is 1050. The molecule has 0 bridgehead atoms. The van der Waals surface area contributed by atoms with Crippen molar-refractivity contribution in [2.45, 2.75) is 38.1 Å². The lowest BCUT2D eigenvalue weighted by Gasteiger charge is -2.40. The smallest absolute Gasteiger partial charge is 0.228 e. The van der Waals surface area contributed by atoms with E-state index in [1.807, 2.05) is 31.3 Å². The Morgan fingerprint density at radius 3 is 2.35 bits per heavy atom. The Kier molecular flexibility index (Phi) is 5.40. The number of nitrogen functional groups attached to an aromatic ring is 1. The van der Waals surface area contributed by atoms with Crippen LogP contribution in [0, 0.1) is 0 Å². The fourth-order valence-electron chi connectivity index (χ4n) is 4.92. The first-order valence-electron chi connectivity index (χ1n) is 11.3. The fraction of sp³-hybridized carbons (Fsp3) is 0.522. The molecule has 0 amide bonds. The molecule has 8 nitrogen and oxygen atoms in total. The summed E-state index contributed by atoms with van der Waals surface area (Å²) in [4.78, 5) is 14.8. The molecule has 1 aromatic carbocycles. The maximum atomic E-state index is 6.34. The molecule has 0 aliphatic carbocycles. The molecule has 2 saturated heterocycles. The highest BCUT2D eigenvalue weighted by Crippen LogP contribution is 2.33. The number of fused-ring (bicyclic) bond motifs is 1. The van der Waals surface area contributed by atoms with Crippen molar-refractivity contribution in [3.63, 3.8) is 0 Å². The van der Waals surface area contributed by atoms with E-state index >= 15 is 0 Å². The van der Waals surface area contributed by atoms with Gasteiger partial charge in [0, 0.05) is 31.7 Å². The van der Waals surface area contributed by atoms with Crippen molar-refractivity contribution in [2.24, 2.45) is 7.05 Å². The van der Waals surface area contributed by atoms with Crippen LogP contribution < -0.4 is 15.4 Å². The zero-order valence-electron chi connectivity index (χ0n) is 18.4. The van der Waals surface area contributed by atoms with Crippen molar-refractivity contribution in [2.75, 3.05) is 43.9 Å². The normalized spacial score (nSPS) is 18.6. The Balaban J connectivity index is 1.45. The number of hydrogen-bond donors (Lipinski definition) is 1. The van der Waals surface area contributed by atoms with Crippen molar-refractivity contribution in [3.8, 4) is 17.0 Å². The van der Waals surface area contributed by atoms with Crippen LogP contribution in [0.15, 0.2) is 24.3 Å². The number of nitrogens with zero attached hydrogens (tertiary/aromatic N) is 6. The third-order valence-corrected chi connectivity index (χ3v) is 6.75. The van der Waals surface area contributed by atoms with E-state index in [1.54, 1.807) is 11.8 Å². The van der Waals surface area contributed by atoms with Crippen molar-refractivity contribution in [1.29, 1.82) is 0 Å². The molecule has 31 heavy (non-hydrogen) atoms. The maximum absolute atomic E-state index is 6.34. The van der Waals surface area contributed by atoms with Crippen LogP contribution in [0.25, 0.3) is 22.3 Å². The molecule has 3 aromatic rings. The van der Waals surface area contributed by atoms with Gasteiger partial charge in [0.05, 0.1) is 18.2 Å². The molecule has 0 saturated carbocycles. The number of benzene rings is 1. The van der Waals surface area contributed by atoms with Gasteiger partial charge in [-0.2, -0.15) is 10.1 Å². The first kappa shape index (κ1) is 20.1. The van der Waals surface area contributed by atoms with E-state index in [0.717, 1.165) is 54.3 Å². The molecule has 0 spiro atoms. The lowest BCUT2D eigenvalue weighted by Crippen LogP contribution is -2.47. The van der Waals surface area contributed by atoms with Crippen molar-refractivity contribution >= 4 is 22.8 Å². The lowest BCUT2D eigenvalue weighted by molar-refractivity contribution is 0.141. The number of aryl methyl sites for hydroxylation is 1. The van der Waals surface area contributed by atoms with Crippen molar-refractivity contribution in [1.82, 2.24) is 24.6 Å². The van der Waals surface area contributed by atoms with Gasteiger partial charge in [0.1, 0.15) is 11.6 Å². The molecule has 0 radical (unpaired) electrons. The second kappa shape index (κ2) is 8.34. The quantitative estimate of drug-likeness (QED) is 0.693. The summed E-state index contributed by atoms with van der Waals surface area (Å²) >= 11 is 0. The van der Waals surface area contributed by atoms with Gasteiger partial charge in [0.15, 0.2) is 5.65 Å². The van der Waals surface area contributed by atoms with Gasteiger partial charge in [-0.25, -0.2) is 4.98 Å². The number of ether oxygens (including phenoxy) is 1. The van der Waals surface area contributed by atoms with E-state index < -0.39 is 0 Å². The highest BCUT2D eigenvalue weighted by atomic mass is 16.5. The molecule has 164 valence electrons. The van der Waals surface area contributed by atoms with Crippen molar-refractivity contribution < 1.29 is 4.74 Å². The summed E-state index contributed by atoms with van der Waals surface area (Å²) in [7, 11) is 3.52. The Labute approximate surface area is 183 Å². The van der Waals surface area contributed by atoms with E-state index in [0.29, 0.717) is 17.5 Å². The number of aromatic nitrogens is 4. The van der Waals surface area contributed by atoms with Gasteiger partial charge in [0.2, 0.25) is 5.95 Å². The van der Waals surface area contributed by atoms with Gasteiger partial charge >= 0.3 is 0 Å². The summed E-state index contributed by atoms with van der Waals surface area (Å²) in [5.41, 5.74) is 8.79. The van der Waals surface area contributed by atoms with E-state index in [2.05, 4.69) is 14.9 Å². The van der Waals surface area contributed by atoms with E-state index in [1.165, 1.54) is 32.4 Å². The molecule has 2 aliphatic heterocycles. The fourth-order valence-corrected chi connectivity index (χ4v) is 4.92. The standard InChI is InChI=1S/C23H31N7O/c1-28-21(24)19-20(16-6-8-18(31-2)9-7-16)25-23(26-22(19)27-28)30-14-10-17(11-15-30)29-12-4-3-5-13-29/h6-9,17H,3-5,10-15,24H2,1-2H3. The predicted molar refractivity (Wildman–Crippen MR) is 123 cm³/mol. The minimum Gasteiger partial charge on any atom is -0.497 e. The molecule has 2 aromatic heterocycles. The first-order chi connectivity index (χ1) is 15.1. The Hall–Kier alpha value is -2.87. The summed E-state index contributed by atoms with van der Waals surface area (Å²) in [6.45, 7) is 4.44. The third-order valence-electron chi connectivity index (χ3n) is 6.75. The average molecular weight is 422 g/mol. The number of piperidine rings is 2. The molecule has 2 aliphatic rings. The van der Waals surface area contributed by atoms with Crippen LogP contribution in [0.5, 0.6) is 5.75 Å².